The van der Waals surface area contributed by atoms with Gasteiger partial charge in [0.1, 0.15) is 11.4 Å². The third kappa shape index (κ3) is 1.89. The van der Waals surface area contributed by atoms with E-state index in [1.54, 1.807) is 12.3 Å². The Morgan fingerprint density at radius 1 is 1.53 bits per heavy atom. The van der Waals surface area contributed by atoms with E-state index in [1.807, 2.05) is 10.5 Å². The summed E-state index contributed by atoms with van der Waals surface area (Å²) in [7, 11) is 0. The zero-order chi connectivity index (χ0) is 11.8. The molecular formula is C13H17N3O. The number of rotatable bonds is 2. The van der Waals surface area contributed by atoms with Gasteiger partial charge in [-0.15, -0.1) is 0 Å². The highest BCUT2D eigenvalue weighted by Gasteiger charge is 2.18. The Labute approximate surface area is 100 Å². The lowest BCUT2D eigenvalue weighted by atomic mass is 10.0. The van der Waals surface area contributed by atoms with E-state index in [-0.39, 0.29) is 5.75 Å². The number of aromatic hydroxyl groups is 1. The first-order valence-corrected chi connectivity index (χ1v) is 6.11. The van der Waals surface area contributed by atoms with Crippen LogP contribution in [0.5, 0.6) is 5.75 Å². The molecule has 0 bridgehead atoms. The largest absolute Gasteiger partial charge is 0.506 e. The molecule has 1 saturated heterocycles. The van der Waals surface area contributed by atoms with Crippen LogP contribution in [0, 0.1) is 12.8 Å². The predicted octanol–water partition coefficient (Wildman–Crippen LogP) is 1.50. The van der Waals surface area contributed by atoms with Gasteiger partial charge in [-0.1, -0.05) is 0 Å². The number of pyridine rings is 1. The Morgan fingerprint density at radius 2 is 2.41 bits per heavy atom. The Kier molecular flexibility index (Phi) is 2.52. The van der Waals surface area contributed by atoms with E-state index in [4.69, 9.17) is 0 Å². The average Bonchev–Trinajstić information content (AvgIpc) is 2.91. The van der Waals surface area contributed by atoms with Crippen molar-refractivity contribution in [2.75, 3.05) is 13.1 Å². The monoisotopic (exact) mass is 231 g/mol. The molecule has 1 aliphatic heterocycles. The molecule has 1 atom stereocenters. The van der Waals surface area contributed by atoms with Gasteiger partial charge in [0, 0.05) is 5.69 Å². The number of fused-ring (bicyclic) bond motifs is 1. The molecule has 17 heavy (non-hydrogen) atoms. The fourth-order valence-corrected chi connectivity index (χ4v) is 2.56. The molecule has 3 rings (SSSR count). The summed E-state index contributed by atoms with van der Waals surface area (Å²) in [6, 6.07) is 3.54. The second kappa shape index (κ2) is 4.04. The van der Waals surface area contributed by atoms with Crippen LogP contribution in [-0.4, -0.2) is 27.6 Å². The van der Waals surface area contributed by atoms with Crippen molar-refractivity contribution < 1.29 is 5.11 Å². The smallest absolute Gasteiger partial charge is 0.137 e. The third-order valence-corrected chi connectivity index (χ3v) is 3.58. The summed E-state index contributed by atoms with van der Waals surface area (Å²) in [4.78, 5) is 4.64. The van der Waals surface area contributed by atoms with Gasteiger partial charge in [-0.05, 0) is 50.9 Å². The van der Waals surface area contributed by atoms with Crippen LogP contribution in [0.15, 0.2) is 18.3 Å². The van der Waals surface area contributed by atoms with Crippen LogP contribution in [0.4, 0.5) is 0 Å². The molecule has 0 saturated carbocycles. The molecule has 1 fully saturated rings. The van der Waals surface area contributed by atoms with Crippen molar-refractivity contribution in [3.05, 3.63) is 29.7 Å². The normalized spacial score (nSPS) is 20.2. The lowest BCUT2D eigenvalue weighted by Gasteiger charge is -2.05. The Morgan fingerprint density at radius 3 is 3.18 bits per heavy atom. The van der Waals surface area contributed by atoms with Crippen LogP contribution in [0.25, 0.3) is 5.65 Å². The molecule has 0 radical (unpaired) electrons. The number of hydrogen-bond donors (Lipinski definition) is 2. The van der Waals surface area contributed by atoms with Gasteiger partial charge >= 0.3 is 0 Å². The highest BCUT2D eigenvalue weighted by atomic mass is 16.3. The Bertz CT molecular complexity index is 541. The van der Waals surface area contributed by atoms with Crippen molar-refractivity contribution in [1.29, 1.82) is 0 Å². The van der Waals surface area contributed by atoms with Crippen LogP contribution >= 0.6 is 0 Å². The van der Waals surface area contributed by atoms with Gasteiger partial charge in [0.25, 0.3) is 0 Å². The summed E-state index contributed by atoms with van der Waals surface area (Å²) in [6.45, 7) is 4.29. The number of imidazole rings is 1. The van der Waals surface area contributed by atoms with Crippen LogP contribution in [0.1, 0.15) is 17.8 Å². The number of nitrogens with zero attached hydrogens (tertiary/aromatic N) is 2. The lowest BCUT2D eigenvalue weighted by Crippen LogP contribution is -2.11. The zero-order valence-corrected chi connectivity index (χ0v) is 9.98. The van der Waals surface area contributed by atoms with E-state index in [9.17, 15) is 5.11 Å². The first-order chi connectivity index (χ1) is 8.24. The standard InChI is InChI=1S/C13H17N3O/c1-9-12(6-10-4-5-14-7-10)15-13-3-2-11(17)8-16(9)13/h2-3,8,10,14,17H,4-7H2,1H3. The van der Waals surface area contributed by atoms with Gasteiger partial charge in [-0.2, -0.15) is 0 Å². The number of nitrogens with one attached hydrogen (secondary N) is 1. The molecule has 4 nitrogen and oxygen atoms in total. The molecule has 0 aliphatic carbocycles. The van der Waals surface area contributed by atoms with E-state index in [1.165, 1.54) is 6.42 Å². The van der Waals surface area contributed by atoms with Crippen molar-refractivity contribution in [2.24, 2.45) is 5.92 Å². The van der Waals surface area contributed by atoms with Crippen molar-refractivity contribution in [3.63, 3.8) is 0 Å². The van der Waals surface area contributed by atoms with E-state index in [2.05, 4.69) is 17.2 Å². The fourth-order valence-electron chi connectivity index (χ4n) is 2.56. The molecule has 3 heterocycles. The van der Waals surface area contributed by atoms with Crippen LogP contribution < -0.4 is 5.32 Å². The topological polar surface area (TPSA) is 49.6 Å². The maximum atomic E-state index is 9.49. The van der Waals surface area contributed by atoms with E-state index >= 15 is 0 Å². The predicted molar refractivity (Wildman–Crippen MR) is 66.3 cm³/mol. The molecule has 4 heteroatoms. The summed E-state index contributed by atoms with van der Waals surface area (Å²) < 4.78 is 1.97. The minimum absolute atomic E-state index is 0.284. The van der Waals surface area contributed by atoms with Gasteiger partial charge in [0.15, 0.2) is 0 Å². The molecule has 1 aliphatic rings. The molecule has 2 aromatic heterocycles. The van der Waals surface area contributed by atoms with Crippen molar-refractivity contribution in [1.82, 2.24) is 14.7 Å². The second-order valence-corrected chi connectivity index (χ2v) is 4.82. The highest BCUT2D eigenvalue weighted by molar-refractivity contribution is 5.45. The van der Waals surface area contributed by atoms with Gasteiger partial charge < -0.3 is 14.8 Å². The first-order valence-electron chi connectivity index (χ1n) is 6.11. The van der Waals surface area contributed by atoms with Crippen LogP contribution in [-0.2, 0) is 6.42 Å². The van der Waals surface area contributed by atoms with Gasteiger partial charge in [0.2, 0.25) is 0 Å². The van der Waals surface area contributed by atoms with Gasteiger partial charge in [0.05, 0.1) is 11.9 Å². The van der Waals surface area contributed by atoms with Crippen molar-refractivity contribution in [2.45, 2.75) is 19.8 Å². The maximum Gasteiger partial charge on any atom is 0.137 e. The Hall–Kier alpha value is -1.55. The summed E-state index contributed by atoms with van der Waals surface area (Å²) in [5, 5.41) is 12.9. The second-order valence-electron chi connectivity index (χ2n) is 4.82. The minimum atomic E-state index is 0.284. The van der Waals surface area contributed by atoms with Crippen LogP contribution in [0.2, 0.25) is 0 Å². The maximum absolute atomic E-state index is 9.49. The zero-order valence-electron chi connectivity index (χ0n) is 9.98. The third-order valence-electron chi connectivity index (χ3n) is 3.58. The highest BCUT2D eigenvalue weighted by Crippen LogP contribution is 2.20. The molecule has 0 aromatic carbocycles. The molecule has 90 valence electrons. The molecule has 1 unspecified atom stereocenters. The number of aromatic nitrogens is 2. The van der Waals surface area contributed by atoms with Crippen LogP contribution in [0.3, 0.4) is 0 Å². The van der Waals surface area contributed by atoms with E-state index in [0.29, 0.717) is 5.92 Å². The average molecular weight is 231 g/mol. The van der Waals surface area contributed by atoms with E-state index in [0.717, 1.165) is 36.5 Å². The molecule has 2 aromatic rings. The molecule has 2 N–H and O–H groups in total. The summed E-state index contributed by atoms with van der Waals surface area (Å²) >= 11 is 0. The quantitative estimate of drug-likeness (QED) is 0.823. The number of aryl methyl sites for hydroxylation is 1. The number of hydrogen-bond acceptors (Lipinski definition) is 3. The SMILES string of the molecule is Cc1c(CC2CCNC2)nc2ccc(O)cn12. The van der Waals surface area contributed by atoms with Crippen molar-refractivity contribution >= 4 is 5.65 Å². The summed E-state index contributed by atoms with van der Waals surface area (Å²) in [6.07, 6.45) is 3.99. The summed E-state index contributed by atoms with van der Waals surface area (Å²) in [5.74, 6) is 0.985. The Balaban J connectivity index is 1.96. The fraction of sp³-hybridized carbons (Fsp3) is 0.462. The molecular weight excluding hydrogens is 214 g/mol. The van der Waals surface area contributed by atoms with Gasteiger partial charge in [-0.25, -0.2) is 4.98 Å². The molecule has 0 amide bonds. The minimum Gasteiger partial charge on any atom is -0.506 e. The molecule has 0 spiro atoms. The first kappa shape index (κ1) is 10.6. The summed E-state index contributed by atoms with van der Waals surface area (Å²) in [5.41, 5.74) is 3.22. The van der Waals surface area contributed by atoms with Gasteiger partial charge in [-0.3, -0.25) is 0 Å². The van der Waals surface area contributed by atoms with Crippen molar-refractivity contribution in [3.8, 4) is 5.75 Å². The van der Waals surface area contributed by atoms with E-state index < -0.39 is 0 Å². The lowest BCUT2D eigenvalue weighted by molar-refractivity contribution is 0.471.